The molecule has 0 unspecified atom stereocenters. The quantitative estimate of drug-likeness (QED) is 0.616. The molecule has 3 N–H and O–H groups in total. The molecule has 0 bridgehead atoms. The Morgan fingerprint density at radius 3 is 2.93 bits per heavy atom. The number of H-pyrrole nitrogens is 1. The number of aryl methyl sites for hydroxylation is 2. The molecular weight excluding hydrogens is 374 g/mol. The second-order valence-electron chi connectivity index (χ2n) is 7.49. The third-order valence-corrected chi connectivity index (χ3v) is 5.53. The number of fused-ring (bicyclic) bond motifs is 1. The lowest BCUT2D eigenvalue weighted by Gasteiger charge is -2.26. The van der Waals surface area contributed by atoms with Crippen molar-refractivity contribution in [3.05, 3.63) is 45.2 Å². The Balaban J connectivity index is 1.78. The second kappa shape index (κ2) is 9.49. The number of nitrogens with zero attached hydrogens (tertiary/aromatic N) is 1. The number of aromatic amines is 1. The lowest BCUT2D eigenvalue weighted by atomic mass is 10.0. The van der Waals surface area contributed by atoms with E-state index in [9.17, 15) is 9.90 Å². The van der Waals surface area contributed by atoms with E-state index in [0.717, 1.165) is 41.5 Å². The monoisotopic (exact) mass is 403 g/mol. The molecule has 6 nitrogen and oxygen atoms in total. The second-order valence-corrected chi connectivity index (χ2v) is 7.87. The number of nitrogens with one attached hydrogen (secondary N) is 2. The number of ether oxygens (including phenoxy) is 1. The fourth-order valence-corrected chi connectivity index (χ4v) is 3.91. The van der Waals surface area contributed by atoms with Gasteiger partial charge in [-0.05, 0) is 68.6 Å². The van der Waals surface area contributed by atoms with Crippen LogP contribution in [0.3, 0.4) is 0 Å². The Hall–Kier alpha value is -1.96. The number of rotatable bonds is 7. The molecule has 1 aromatic carbocycles. The van der Waals surface area contributed by atoms with E-state index in [1.165, 1.54) is 0 Å². The molecule has 2 aromatic rings. The van der Waals surface area contributed by atoms with Crippen molar-refractivity contribution in [1.29, 1.82) is 0 Å². The first-order chi connectivity index (χ1) is 13.5. The van der Waals surface area contributed by atoms with E-state index in [1.807, 2.05) is 24.0 Å². The molecule has 1 saturated heterocycles. The number of aliphatic hydroxyl groups is 1. The summed E-state index contributed by atoms with van der Waals surface area (Å²) in [5.74, 6) is 0. The van der Waals surface area contributed by atoms with Crippen molar-refractivity contribution in [3.63, 3.8) is 0 Å². The predicted octanol–water partition coefficient (Wildman–Crippen LogP) is 2.38. The molecule has 1 aliphatic rings. The van der Waals surface area contributed by atoms with Gasteiger partial charge < -0.3 is 25.0 Å². The summed E-state index contributed by atoms with van der Waals surface area (Å²) in [7, 11) is 0. The van der Waals surface area contributed by atoms with Crippen LogP contribution in [0.5, 0.6) is 0 Å². The van der Waals surface area contributed by atoms with Gasteiger partial charge >= 0.3 is 0 Å². The van der Waals surface area contributed by atoms with Gasteiger partial charge in [0, 0.05) is 42.8 Å². The van der Waals surface area contributed by atoms with Crippen molar-refractivity contribution >= 4 is 28.2 Å². The van der Waals surface area contributed by atoms with E-state index in [4.69, 9.17) is 17.0 Å². The van der Waals surface area contributed by atoms with E-state index in [0.29, 0.717) is 36.7 Å². The summed E-state index contributed by atoms with van der Waals surface area (Å²) < 4.78 is 5.64. The van der Waals surface area contributed by atoms with Crippen LogP contribution in [0.4, 0.5) is 0 Å². The van der Waals surface area contributed by atoms with Crippen molar-refractivity contribution in [2.24, 2.45) is 0 Å². The van der Waals surface area contributed by atoms with E-state index < -0.39 is 0 Å². The van der Waals surface area contributed by atoms with Crippen LogP contribution in [-0.4, -0.2) is 52.5 Å². The molecule has 0 saturated carbocycles. The summed E-state index contributed by atoms with van der Waals surface area (Å²) in [5.41, 5.74) is 3.67. The molecule has 2 heterocycles. The van der Waals surface area contributed by atoms with Crippen LogP contribution < -0.4 is 10.9 Å². The minimum absolute atomic E-state index is 0.0807. The highest BCUT2D eigenvalue weighted by molar-refractivity contribution is 7.80. The maximum atomic E-state index is 12.6. The lowest BCUT2D eigenvalue weighted by Crippen LogP contribution is -2.43. The zero-order valence-electron chi connectivity index (χ0n) is 16.6. The van der Waals surface area contributed by atoms with E-state index >= 15 is 0 Å². The fraction of sp³-hybridized carbons (Fsp3) is 0.524. The van der Waals surface area contributed by atoms with E-state index in [1.54, 1.807) is 0 Å². The van der Waals surface area contributed by atoms with Gasteiger partial charge in [0.15, 0.2) is 5.11 Å². The van der Waals surface area contributed by atoms with Gasteiger partial charge in [0.05, 0.1) is 12.6 Å². The third kappa shape index (κ3) is 5.10. The molecule has 0 aliphatic carbocycles. The largest absolute Gasteiger partial charge is 0.396 e. The maximum Gasteiger partial charge on any atom is 0.253 e. The molecule has 0 amide bonds. The van der Waals surface area contributed by atoms with Gasteiger partial charge in [0.25, 0.3) is 5.56 Å². The Bertz CT molecular complexity index is 890. The Morgan fingerprint density at radius 2 is 2.21 bits per heavy atom. The van der Waals surface area contributed by atoms with Crippen molar-refractivity contribution in [2.75, 3.05) is 26.3 Å². The molecule has 1 atom stereocenters. The predicted molar refractivity (Wildman–Crippen MR) is 116 cm³/mol. The number of hydrogen-bond donors (Lipinski definition) is 3. The summed E-state index contributed by atoms with van der Waals surface area (Å²) in [4.78, 5) is 17.6. The van der Waals surface area contributed by atoms with Crippen LogP contribution in [0.15, 0.2) is 23.0 Å². The van der Waals surface area contributed by atoms with Crippen LogP contribution in [0, 0.1) is 13.8 Å². The standard InChI is InChI=1S/C21H29N3O3S/c1-14-9-15(2)18-11-16(20(26)23-19(18)10-14)13-24(6-4-7-25)21(28)22-12-17-5-3-8-27-17/h9-11,17,25H,3-8,12-13H2,1-2H3,(H,22,28)(H,23,26)/t17-/m1/s1. The molecule has 1 fully saturated rings. The van der Waals surface area contributed by atoms with Crippen LogP contribution >= 0.6 is 12.2 Å². The van der Waals surface area contributed by atoms with Crippen LogP contribution in [0.2, 0.25) is 0 Å². The number of benzene rings is 1. The topological polar surface area (TPSA) is 77.6 Å². The van der Waals surface area contributed by atoms with Crippen molar-refractivity contribution < 1.29 is 9.84 Å². The normalized spacial score (nSPS) is 16.5. The summed E-state index contributed by atoms with van der Waals surface area (Å²) in [6.45, 7) is 6.60. The number of hydrogen-bond acceptors (Lipinski definition) is 4. The number of pyridine rings is 1. The summed E-state index contributed by atoms with van der Waals surface area (Å²) in [5, 5.41) is 14.1. The highest BCUT2D eigenvalue weighted by Gasteiger charge is 2.18. The highest BCUT2D eigenvalue weighted by Crippen LogP contribution is 2.19. The molecule has 152 valence electrons. The number of aromatic nitrogens is 1. The van der Waals surface area contributed by atoms with Gasteiger partial charge in [-0.15, -0.1) is 0 Å². The first-order valence-corrected chi connectivity index (χ1v) is 10.3. The Morgan fingerprint density at radius 1 is 1.39 bits per heavy atom. The van der Waals surface area contributed by atoms with Gasteiger partial charge in [0.1, 0.15) is 0 Å². The van der Waals surface area contributed by atoms with Gasteiger partial charge in [-0.25, -0.2) is 0 Å². The average molecular weight is 404 g/mol. The zero-order valence-corrected chi connectivity index (χ0v) is 17.4. The molecular formula is C21H29N3O3S. The first-order valence-electron chi connectivity index (χ1n) is 9.86. The Labute approximate surface area is 170 Å². The first kappa shape index (κ1) is 20.8. The molecule has 1 aliphatic heterocycles. The Kier molecular flexibility index (Phi) is 7.04. The average Bonchev–Trinajstić information content (AvgIpc) is 3.17. The molecule has 0 radical (unpaired) electrons. The minimum Gasteiger partial charge on any atom is -0.396 e. The molecule has 28 heavy (non-hydrogen) atoms. The molecule has 1 aromatic heterocycles. The highest BCUT2D eigenvalue weighted by atomic mass is 32.1. The fourth-order valence-electron chi connectivity index (χ4n) is 3.67. The van der Waals surface area contributed by atoms with E-state index in [-0.39, 0.29) is 18.3 Å². The number of aliphatic hydroxyl groups excluding tert-OH is 1. The lowest BCUT2D eigenvalue weighted by molar-refractivity contribution is 0.113. The molecule has 0 spiro atoms. The smallest absolute Gasteiger partial charge is 0.253 e. The van der Waals surface area contributed by atoms with Crippen LogP contribution in [-0.2, 0) is 11.3 Å². The number of thiocarbonyl (C=S) groups is 1. The third-order valence-electron chi connectivity index (χ3n) is 5.13. The summed E-state index contributed by atoms with van der Waals surface area (Å²) in [6, 6.07) is 6.06. The van der Waals surface area contributed by atoms with Crippen LogP contribution in [0.1, 0.15) is 36.0 Å². The SMILES string of the molecule is Cc1cc(C)c2cc(CN(CCCO)C(=S)NC[C@H]3CCCO3)c(=O)[nH]c2c1. The van der Waals surface area contributed by atoms with Crippen molar-refractivity contribution in [3.8, 4) is 0 Å². The molecule has 3 rings (SSSR count). The molecule has 7 heteroatoms. The zero-order chi connectivity index (χ0) is 20.1. The van der Waals surface area contributed by atoms with Crippen molar-refractivity contribution in [1.82, 2.24) is 15.2 Å². The maximum absolute atomic E-state index is 12.6. The minimum atomic E-state index is -0.103. The van der Waals surface area contributed by atoms with Gasteiger partial charge in [-0.3, -0.25) is 4.79 Å². The van der Waals surface area contributed by atoms with Gasteiger partial charge in [-0.1, -0.05) is 6.07 Å². The van der Waals surface area contributed by atoms with Crippen LogP contribution in [0.25, 0.3) is 10.9 Å². The summed E-state index contributed by atoms with van der Waals surface area (Å²) >= 11 is 5.57. The van der Waals surface area contributed by atoms with Crippen molar-refractivity contribution in [2.45, 2.75) is 45.8 Å². The van der Waals surface area contributed by atoms with E-state index in [2.05, 4.69) is 23.3 Å². The summed E-state index contributed by atoms with van der Waals surface area (Å²) in [6.07, 6.45) is 2.90. The van der Waals surface area contributed by atoms with Gasteiger partial charge in [-0.2, -0.15) is 0 Å². The van der Waals surface area contributed by atoms with Gasteiger partial charge in [0.2, 0.25) is 0 Å².